The average molecular weight is 490 g/mol. The first-order valence-corrected chi connectivity index (χ1v) is 7.92. The summed E-state index contributed by atoms with van der Waals surface area (Å²) in [6.45, 7) is 0. The van der Waals surface area contributed by atoms with Gasteiger partial charge in [0.15, 0.2) is 0 Å². The van der Waals surface area contributed by atoms with Gasteiger partial charge in [-0.1, -0.05) is 0 Å². The first-order valence-electron chi connectivity index (χ1n) is 5.76. The molecule has 0 saturated heterocycles. The summed E-state index contributed by atoms with van der Waals surface area (Å²) < 4.78 is 1.88. The van der Waals surface area contributed by atoms with Gasteiger partial charge in [-0.05, 0) is 81.6 Å². The number of carbonyl (C=O) groups excluding carboxylic acids is 2. The number of hydrogen-bond acceptors (Lipinski definition) is 2. The normalized spacial score (nSPS) is 13.5. The topological polar surface area (TPSA) is 58.2 Å². The molecule has 0 atom stereocenters. The molecule has 0 unspecified atom stereocenters. The molecule has 1 heterocycles. The summed E-state index contributed by atoms with van der Waals surface area (Å²) in [5.41, 5.74) is 1.98. The Balaban J connectivity index is 2.15. The van der Waals surface area contributed by atoms with Gasteiger partial charge in [-0.25, -0.2) is 0 Å². The van der Waals surface area contributed by atoms with E-state index in [-0.39, 0.29) is 11.8 Å². The van der Waals surface area contributed by atoms with Crippen LogP contribution in [0.5, 0.6) is 0 Å². The number of hydrogen-bond donors (Lipinski definition) is 2. The van der Waals surface area contributed by atoms with Gasteiger partial charge in [0.2, 0.25) is 0 Å². The molecule has 6 heteroatoms. The van der Waals surface area contributed by atoms with E-state index in [2.05, 4.69) is 55.8 Å². The van der Waals surface area contributed by atoms with Crippen molar-refractivity contribution < 1.29 is 9.59 Å². The Labute approximate surface area is 142 Å². The van der Waals surface area contributed by atoms with Crippen LogP contribution in [0.15, 0.2) is 36.4 Å². The van der Waals surface area contributed by atoms with Gasteiger partial charge in [0.25, 0.3) is 11.8 Å². The van der Waals surface area contributed by atoms with E-state index in [4.69, 9.17) is 0 Å². The third kappa shape index (κ3) is 2.53. The van der Waals surface area contributed by atoms with Gasteiger partial charge in [0.05, 0.1) is 22.5 Å². The number of rotatable bonds is 0. The van der Waals surface area contributed by atoms with E-state index >= 15 is 0 Å². The Hall–Kier alpha value is -1.16. The molecule has 20 heavy (non-hydrogen) atoms. The maximum Gasteiger partial charge on any atom is 0.257 e. The van der Waals surface area contributed by atoms with Gasteiger partial charge < -0.3 is 10.6 Å². The van der Waals surface area contributed by atoms with Crippen LogP contribution in [-0.2, 0) is 0 Å². The lowest BCUT2D eigenvalue weighted by Gasteiger charge is -2.18. The second-order valence-corrected chi connectivity index (χ2v) is 6.78. The van der Waals surface area contributed by atoms with Gasteiger partial charge in [-0.2, -0.15) is 0 Å². The summed E-state index contributed by atoms with van der Waals surface area (Å²) in [6.07, 6.45) is 0. The van der Waals surface area contributed by atoms with Crippen LogP contribution < -0.4 is 10.6 Å². The Morgan fingerprint density at radius 2 is 1.10 bits per heavy atom. The van der Waals surface area contributed by atoms with Crippen molar-refractivity contribution in [3.63, 3.8) is 0 Å². The average Bonchev–Trinajstić information content (AvgIpc) is 2.41. The van der Waals surface area contributed by atoms with Crippen LogP contribution >= 0.6 is 45.2 Å². The minimum Gasteiger partial charge on any atom is -0.321 e. The minimum absolute atomic E-state index is 0.221. The summed E-state index contributed by atoms with van der Waals surface area (Å²) in [5.74, 6) is -0.443. The van der Waals surface area contributed by atoms with Crippen molar-refractivity contribution in [1.29, 1.82) is 0 Å². The van der Waals surface area contributed by atoms with E-state index in [0.717, 1.165) is 7.14 Å². The molecule has 0 fully saturated rings. The van der Waals surface area contributed by atoms with Crippen molar-refractivity contribution in [2.45, 2.75) is 0 Å². The van der Waals surface area contributed by atoms with Crippen molar-refractivity contribution >= 4 is 68.4 Å². The highest BCUT2D eigenvalue weighted by Gasteiger charge is 2.22. The lowest BCUT2D eigenvalue weighted by Crippen LogP contribution is -2.24. The van der Waals surface area contributed by atoms with Gasteiger partial charge in [0.1, 0.15) is 0 Å². The number of fused-ring (bicyclic) bond motifs is 2. The number of nitrogens with one attached hydrogen (secondary N) is 2. The monoisotopic (exact) mass is 490 g/mol. The number of anilines is 2. The van der Waals surface area contributed by atoms with Gasteiger partial charge in [-0.3, -0.25) is 9.59 Å². The summed E-state index contributed by atoms with van der Waals surface area (Å²) in [6, 6.07) is 10.7. The van der Waals surface area contributed by atoms with Crippen LogP contribution in [-0.4, -0.2) is 11.8 Å². The van der Waals surface area contributed by atoms with E-state index < -0.39 is 0 Å². The molecule has 0 spiro atoms. The van der Waals surface area contributed by atoms with Crippen molar-refractivity contribution in [3.05, 3.63) is 54.7 Å². The molecule has 2 amide bonds. The zero-order valence-electron chi connectivity index (χ0n) is 10.0. The predicted molar refractivity (Wildman–Crippen MR) is 94.2 cm³/mol. The van der Waals surface area contributed by atoms with Gasteiger partial charge >= 0.3 is 0 Å². The smallest absolute Gasteiger partial charge is 0.257 e. The van der Waals surface area contributed by atoms with Crippen LogP contribution in [0.4, 0.5) is 11.4 Å². The number of benzene rings is 2. The minimum atomic E-state index is -0.221. The van der Waals surface area contributed by atoms with Gasteiger partial charge in [-0.15, -0.1) is 0 Å². The van der Waals surface area contributed by atoms with E-state index in [1.165, 1.54) is 0 Å². The quantitative estimate of drug-likeness (QED) is 0.554. The first-order chi connectivity index (χ1) is 9.54. The van der Waals surface area contributed by atoms with Crippen LogP contribution in [0.1, 0.15) is 20.7 Å². The Bertz CT molecular complexity index is 680. The molecule has 2 N–H and O–H groups in total. The maximum absolute atomic E-state index is 12.3. The van der Waals surface area contributed by atoms with Crippen molar-refractivity contribution in [1.82, 2.24) is 0 Å². The lowest BCUT2D eigenvalue weighted by molar-refractivity contribution is 0.102. The van der Waals surface area contributed by atoms with Gasteiger partial charge in [0, 0.05) is 7.14 Å². The van der Waals surface area contributed by atoms with E-state index in [9.17, 15) is 9.59 Å². The molecule has 4 nitrogen and oxygen atoms in total. The molecule has 0 aliphatic carbocycles. The molecule has 100 valence electrons. The molecule has 0 saturated carbocycles. The standard InChI is InChI=1S/C14H8I2N2O2/c15-7-1-3-11-9(5-7)13(19)18-12-4-2-8(16)6-10(12)14(20)17-11/h1-6H,(H,17,20)(H,18,19). The second-order valence-electron chi connectivity index (χ2n) is 4.29. The summed E-state index contributed by atoms with van der Waals surface area (Å²) in [5, 5.41) is 5.59. The van der Waals surface area contributed by atoms with Crippen LogP contribution in [0.3, 0.4) is 0 Å². The number of halogens is 2. The first kappa shape index (κ1) is 13.8. The molecular formula is C14H8I2N2O2. The molecule has 2 aromatic carbocycles. The SMILES string of the molecule is O=C1Nc2ccc(I)cc2C(=O)Nc2ccc(I)cc21. The third-order valence-corrected chi connectivity index (χ3v) is 4.29. The fraction of sp³-hybridized carbons (Fsp3) is 0. The highest BCUT2D eigenvalue weighted by atomic mass is 127. The summed E-state index contributed by atoms with van der Waals surface area (Å²) in [7, 11) is 0. The zero-order chi connectivity index (χ0) is 14.3. The lowest BCUT2D eigenvalue weighted by atomic mass is 10.1. The maximum atomic E-state index is 12.3. The molecule has 0 aromatic heterocycles. The molecule has 0 bridgehead atoms. The Morgan fingerprint density at radius 1 is 0.700 bits per heavy atom. The highest BCUT2D eigenvalue weighted by molar-refractivity contribution is 14.1. The largest absolute Gasteiger partial charge is 0.321 e. The van der Waals surface area contributed by atoms with Crippen LogP contribution in [0.25, 0.3) is 0 Å². The zero-order valence-corrected chi connectivity index (χ0v) is 14.4. The molecule has 2 aromatic rings. The van der Waals surface area contributed by atoms with E-state index in [1.54, 1.807) is 24.3 Å². The number of carbonyl (C=O) groups is 2. The summed E-state index contributed by atoms with van der Waals surface area (Å²) >= 11 is 4.27. The molecular weight excluding hydrogens is 482 g/mol. The second kappa shape index (κ2) is 5.32. The predicted octanol–water partition coefficient (Wildman–Crippen LogP) is 3.71. The Morgan fingerprint density at radius 3 is 1.50 bits per heavy atom. The molecule has 0 radical (unpaired) electrons. The van der Waals surface area contributed by atoms with E-state index in [0.29, 0.717) is 22.5 Å². The highest BCUT2D eigenvalue weighted by Crippen LogP contribution is 2.27. The fourth-order valence-electron chi connectivity index (χ4n) is 2.01. The van der Waals surface area contributed by atoms with Crippen LogP contribution in [0, 0.1) is 7.14 Å². The Kier molecular flexibility index (Phi) is 3.67. The van der Waals surface area contributed by atoms with Crippen LogP contribution in [0.2, 0.25) is 0 Å². The van der Waals surface area contributed by atoms with Crippen molar-refractivity contribution in [2.75, 3.05) is 10.6 Å². The third-order valence-electron chi connectivity index (χ3n) is 2.95. The molecule has 1 aliphatic heterocycles. The molecule has 3 rings (SSSR count). The van der Waals surface area contributed by atoms with E-state index in [1.807, 2.05) is 12.1 Å². The fourth-order valence-corrected chi connectivity index (χ4v) is 2.99. The van der Waals surface area contributed by atoms with Crippen molar-refractivity contribution in [3.8, 4) is 0 Å². The number of amides is 2. The van der Waals surface area contributed by atoms with Crippen molar-refractivity contribution in [2.24, 2.45) is 0 Å². The molecule has 1 aliphatic rings. The summed E-state index contributed by atoms with van der Waals surface area (Å²) in [4.78, 5) is 24.6.